The highest BCUT2D eigenvalue weighted by molar-refractivity contribution is 5.82. The van der Waals surface area contributed by atoms with Crippen molar-refractivity contribution in [3.05, 3.63) is 35.9 Å². The first-order valence-electron chi connectivity index (χ1n) is 7.37. The van der Waals surface area contributed by atoms with E-state index in [1.165, 1.54) is 0 Å². The van der Waals surface area contributed by atoms with Crippen molar-refractivity contribution in [1.82, 2.24) is 4.90 Å². The highest BCUT2D eigenvalue weighted by atomic mass is 16.2. The predicted octanol–water partition coefficient (Wildman–Crippen LogP) is 3.02. The molecule has 3 heteroatoms. The van der Waals surface area contributed by atoms with Gasteiger partial charge in [-0.05, 0) is 30.7 Å². The van der Waals surface area contributed by atoms with Gasteiger partial charge in [0, 0.05) is 12.6 Å². The lowest BCUT2D eigenvalue weighted by Gasteiger charge is -2.29. The van der Waals surface area contributed by atoms with E-state index in [0.717, 1.165) is 24.9 Å². The molecule has 2 rings (SSSR count). The fourth-order valence-corrected chi connectivity index (χ4v) is 3.00. The van der Waals surface area contributed by atoms with Gasteiger partial charge in [-0.2, -0.15) is 5.26 Å². The summed E-state index contributed by atoms with van der Waals surface area (Å²) in [6.45, 7) is 5.10. The predicted molar refractivity (Wildman–Crippen MR) is 78.8 cm³/mol. The molecule has 1 aliphatic rings. The van der Waals surface area contributed by atoms with E-state index in [-0.39, 0.29) is 5.91 Å². The third-order valence-corrected chi connectivity index (χ3v) is 4.09. The summed E-state index contributed by atoms with van der Waals surface area (Å²) < 4.78 is 0. The van der Waals surface area contributed by atoms with Crippen molar-refractivity contribution in [2.24, 2.45) is 11.8 Å². The Hall–Kier alpha value is -1.82. The van der Waals surface area contributed by atoms with Crippen molar-refractivity contribution in [3.63, 3.8) is 0 Å². The van der Waals surface area contributed by atoms with Gasteiger partial charge in [0.25, 0.3) is 0 Å². The SMILES string of the molecule is CC(C)C1CCCN1C(=O)C(C#N)Cc1ccccc1. The topological polar surface area (TPSA) is 44.1 Å². The smallest absolute Gasteiger partial charge is 0.240 e. The van der Waals surface area contributed by atoms with Gasteiger partial charge in [-0.25, -0.2) is 0 Å². The third-order valence-electron chi connectivity index (χ3n) is 4.09. The molecule has 0 N–H and O–H groups in total. The summed E-state index contributed by atoms with van der Waals surface area (Å²) in [5.41, 5.74) is 1.05. The van der Waals surface area contributed by atoms with E-state index in [2.05, 4.69) is 19.9 Å². The van der Waals surface area contributed by atoms with Crippen molar-refractivity contribution >= 4 is 5.91 Å². The van der Waals surface area contributed by atoms with E-state index in [1.807, 2.05) is 35.2 Å². The normalized spacial score (nSPS) is 19.9. The van der Waals surface area contributed by atoms with Crippen LogP contribution in [0.5, 0.6) is 0 Å². The van der Waals surface area contributed by atoms with E-state index in [1.54, 1.807) is 0 Å². The molecule has 1 aromatic carbocycles. The number of amides is 1. The Morgan fingerprint density at radius 2 is 2.10 bits per heavy atom. The molecule has 3 nitrogen and oxygen atoms in total. The summed E-state index contributed by atoms with van der Waals surface area (Å²) in [7, 11) is 0. The molecule has 2 atom stereocenters. The van der Waals surface area contributed by atoms with Gasteiger partial charge >= 0.3 is 0 Å². The molecule has 1 heterocycles. The fourth-order valence-electron chi connectivity index (χ4n) is 3.00. The van der Waals surface area contributed by atoms with Crippen molar-refractivity contribution in [2.45, 2.75) is 39.2 Å². The summed E-state index contributed by atoms with van der Waals surface area (Å²) in [6, 6.07) is 12.3. The first-order valence-corrected chi connectivity index (χ1v) is 7.37. The maximum Gasteiger partial charge on any atom is 0.240 e. The van der Waals surface area contributed by atoms with Crippen molar-refractivity contribution in [3.8, 4) is 6.07 Å². The Morgan fingerprint density at radius 1 is 1.40 bits per heavy atom. The van der Waals surface area contributed by atoms with Gasteiger partial charge in [0.05, 0.1) is 6.07 Å². The van der Waals surface area contributed by atoms with Crippen LogP contribution in [0, 0.1) is 23.2 Å². The number of hydrogen-bond donors (Lipinski definition) is 0. The third kappa shape index (κ3) is 3.19. The van der Waals surface area contributed by atoms with Gasteiger partial charge < -0.3 is 4.90 Å². The summed E-state index contributed by atoms with van der Waals surface area (Å²) in [6.07, 6.45) is 2.63. The number of rotatable bonds is 4. The molecule has 1 aliphatic heterocycles. The van der Waals surface area contributed by atoms with Crippen molar-refractivity contribution < 1.29 is 4.79 Å². The number of likely N-dealkylation sites (tertiary alicyclic amines) is 1. The highest BCUT2D eigenvalue weighted by Crippen LogP contribution is 2.26. The highest BCUT2D eigenvalue weighted by Gasteiger charge is 2.34. The first-order chi connectivity index (χ1) is 9.63. The minimum atomic E-state index is -0.559. The summed E-state index contributed by atoms with van der Waals surface area (Å²) in [4.78, 5) is 14.5. The Labute approximate surface area is 121 Å². The minimum absolute atomic E-state index is 0.00699. The Kier molecular flexibility index (Phi) is 4.79. The molecule has 1 aromatic rings. The van der Waals surface area contributed by atoms with Crippen LogP contribution >= 0.6 is 0 Å². The Bertz CT molecular complexity index is 489. The Morgan fingerprint density at radius 3 is 2.70 bits per heavy atom. The molecule has 0 aromatic heterocycles. The number of hydrogen-bond acceptors (Lipinski definition) is 2. The van der Waals surface area contributed by atoms with Gasteiger partial charge in [-0.15, -0.1) is 0 Å². The quantitative estimate of drug-likeness (QED) is 0.844. The molecule has 1 saturated heterocycles. The number of nitrogens with zero attached hydrogens (tertiary/aromatic N) is 2. The molecule has 1 fully saturated rings. The van der Waals surface area contributed by atoms with Crippen LogP contribution in [0.2, 0.25) is 0 Å². The lowest BCUT2D eigenvalue weighted by molar-refractivity contribution is -0.135. The van der Waals surface area contributed by atoms with Crippen molar-refractivity contribution in [1.29, 1.82) is 5.26 Å². The largest absolute Gasteiger partial charge is 0.338 e. The Balaban J connectivity index is 2.08. The molecule has 0 spiro atoms. The zero-order valence-electron chi connectivity index (χ0n) is 12.2. The van der Waals surface area contributed by atoms with Crippen LogP contribution in [0.1, 0.15) is 32.3 Å². The molecular formula is C17H22N2O. The van der Waals surface area contributed by atoms with Gasteiger partial charge in [-0.3, -0.25) is 4.79 Å². The van der Waals surface area contributed by atoms with E-state index in [4.69, 9.17) is 0 Å². The lowest BCUT2D eigenvalue weighted by Crippen LogP contribution is -2.42. The summed E-state index contributed by atoms with van der Waals surface area (Å²) >= 11 is 0. The fraction of sp³-hybridized carbons (Fsp3) is 0.529. The van der Waals surface area contributed by atoms with Crippen LogP contribution in [-0.4, -0.2) is 23.4 Å². The van der Waals surface area contributed by atoms with Gasteiger partial charge in [-0.1, -0.05) is 44.2 Å². The second-order valence-corrected chi connectivity index (χ2v) is 5.86. The second-order valence-electron chi connectivity index (χ2n) is 5.86. The van der Waals surface area contributed by atoms with Gasteiger partial charge in [0.2, 0.25) is 5.91 Å². The number of benzene rings is 1. The van der Waals surface area contributed by atoms with Crippen molar-refractivity contribution in [2.75, 3.05) is 6.54 Å². The first kappa shape index (κ1) is 14.6. The second kappa shape index (κ2) is 6.56. The molecule has 1 amide bonds. The lowest BCUT2D eigenvalue weighted by atomic mass is 9.97. The maximum absolute atomic E-state index is 12.6. The standard InChI is InChI=1S/C17H22N2O/c1-13(2)16-9-6-10-19(16)17(20)15(12-18)11-14-7-4-3-5-8-14/h3-5,7-8,13,15-16H,6,9-11H2,1-2H3. The van der Waals surface area contributed by atoms with Crippen LogP contribution < -0.4 is 0 Å². The molecular weight excluding hydrogens is 248 g/mol. The van der Waals surface area contributed by atoms with E-state index in [0.29, 0.717) is 18.4 Å². The minimum Gasteiger partial charge on any atom is -0.338 e. The van der Waals surface area contributed by atoms with Gasteiger partial charge in [0.1, 0.15) is 5.92 Å². The number of carbonyl (C=O) groups is 1. The maximum atomic E-state index is 12.6. The van der Waals surface area contributed by atoms with Gasteiger partial charge in [0.15, 0.2) is 0 Å². The molecule has 2 unspecified atom stereocenters. The molecule has 0 radical (unpaired) electrons. The van der Waals surface area contributed by atoms with E-state index < -0.39 is 5.92 Å². The van der Waals surface area contributed by atoms with Crippen LogP contribution in [0.25, 0.3) is 0 Å². The number of carbonyl (C=O) groups excluding carboxylic acids is 1. The average Bonchev–Trinajstić information content (AvgIpc) is 2.94. The van der Waals surface area contributed by atoms with Crippen LogP contribution in [0.15, 0.2) is 30.3 Å². The van der Waals surface area contributed by atoms with Crippen LogP contribution in [-0.2, 0) is 11.2 Å². The molecule has 20 heavy (non-hydrogen) atoms. The summed E-state index contributed by atoms with van der Waals surface area (Å²) in [5.74, 6) is -0.0955. The average molecular weight is 270 g/mol. The van der Waals surface area contributed by atoms with Crippen LogP contribution in [0.4, 0.5) is 0 Å². The zero-order valence-corrected chi connectivity index (χ0v) is 12.2. The van der Waals surface area contributed by atoms with E-state index >= 15 is 0 Å². The van der Waals surface area contributed by atoms with E-state index in [9.17, 15) is 10.1 Å². The molecule has 0 saturated carbocycles. The molecule has 0 aliphatic carbocycles. The van der Waals surface area contributed by atoms with Crippen LogP contribution in [0.3, 0.4) is 0 Å². The number of nitriles is 1. The summed E-state index contributed by atoms with van der Waals surface area (Å²) in [5, 5.41) is 9.35. The molecule has 106 valence electrons. The molecule has 0 bridgehead atoms. The monoisotopic (exact) mass is 270 g/mol. The zero-order chi connectivity index (χ0) is 14.5.